The number of para-hydroxylation sites is 1. The van der Waals surface area contributed by atoms with Crippen molar-refractivity contribution in [2.45, 2.75) is 0 Å². The highest BCUT2D eigenvalue weighted by molar-refractivity contribution is 5.84. The number of hydrogen-bond donors (Lipinski definition) is 1. The lowest BCUT2D eigenvalue weighted by Crippen LogP contribution is -2.00. The fourth-order valence-electron chi connectivity index (χ4n) is 1.17. The van der Waals surface area contributed by atoms with E-state index in [0.29, 0.717) is 18.1 Å². The molecule has 1 aromatic carbocycles. The molecule has 1 aromatic rings. The summed E-state index contributed by atoms with van der Waals surface area (Å²) in [7, 11) is 1.58. The van der Waals surface area contributed by atoms with E-state index in [-0.39, 0.29) is 0 Å². The topological polar surface area (TPSA) is 56.8 Å². The van der Waals surface area contributed by atoms with Gasteiger partial charge < -0.3 is 15.3 Å². The number of hydrazone groups is 1. The Hall–Kier alpha value is -1.97. The molecule has 15 heavy (non-hydrogen) atoms. The van der Waals surface area contributed by atoms with Gasteiger partial charge in [-0.15, -0.1) is 0 Å². The van der Waals surface area contributed by atoms with Crippen LogP contribution in [-0.4, -0.2) is 19.9 Å². The summed E-state index contributed by atoms with van der Waals surface area (Å²) >= 11 is 0. The molecular weight excluding hydrogens is 192 g/mol. The number of methoxy groups -OCH3 is 1. The molecule has 2 N–H and O–H groups in total. The maximum absolute atomic E-state index is 5.47. The van der Waals surface area contributed by atoms with Crippen LogP contribution in [0.4, 0.5) is 0 Å². The van der Waals surface area contributed by atoms with Crippen molar-refractivity contribution in [3.63, 3.8) is 0 Å². The molecule has 0 aromatic heterocycles. The van der Waals surface area contributed by atoms with Crippen LogP contribution in [0.3, 0.4) is 0 Å². The predicted molar refractivity (Wildman–Crippen MR) is 60.5 cm³/mol. The average molecular weight is 206 g/mol. The molecular formula is C11H14N2O2. The van der Waals surface area contributed by atoms with Crippen molar-refractivity contribution in [1.82, 2.24) is 0 Å². The number of benzene rings is 1. The van der Waals surface area contributed by atoms with Crippen LogP contribution >= 0.6 is 0 Å². The SMILES string of the molecule is C=CCOc1c(C=NN)cccc1OC. The smallest absolute Gasteiger partial charge is 0.170 e. The minimum absolute atomic E-state index is 0.409. The van der Waals surface area contributed by atoms with Crippen LogP contribution < -0.4 is 15.3 Å². The molecule has 0 unspecified atom stereocenters. The van der Waals surface area contributed by atoms with Crippen LogP contribution in [0, 0.1) is 0 Å². The maximum atomic E-state index is 5.47. The number of nitrogens with zero attached hydrogens (tertiary/aromatic N) is 1. The van der Waals surface area contributed by atoms with Crippen molar-refractivity contribution in [3.8, 4) is 11.5 Å². The van der Waals surface area contributed by atoms with Crippen LogP contribution in [-0.2, 0) is 0 Å². The van der Waals surface area contributed by atoms with Crippen molar-refractivity contribution < 1.29 is 9.47 Å². The molecule has 4 heteroatoms. The zero-order valence-corrected chi connectivity index (χ0v) is 8.64. The van der Waals surface area contributed by atoms with Crippen LogP contribution in [0.2, 0.25) is 0 Å². The Balaban J connectivity index is 3.07. The van der Waals surface area contributed by atoms with Crippen LogP contribution in [0.25, 0.3) is 0 Å². The fraction of sp³-hybridized carbons (Fsp3) is 0.182. The number of ether oxygens (including phenoxy) is 2. The van der Waals surface area contributed by atoms with E-state index in [9.17, 15) is 0 Å². The lowest BCUT2D eigenvalue weighted by Gasteiger charge is -2.11. The molecule has 0 saturated carbocycles. The molecule has 0 fully saturated rings. The van der Waals surface area contributed by atoms with Gasteiger partial charge in [-0.05, 0) is 12.1 Å². The van der Waals surface area contributed by atoms with Crippen molar-refractivity contribution in [2.75, 3.05) is 13.7 Å². The summed E-state index contributed by atoms with van der Waals surface area (Å²) in [6, 6.07) is 5.50. The third-order valence-electron chi connectivity index (χ3n) is 1.79. The van der Waals surface area contributed by atoms with Crippen molar-refractivity contribution in [2.24, 2.45) is 10.9 Å². The van der Waals surface area contributed by atoms with E-state index < -0.39 is 0 Å². The first-order valence-electron chi connectivity index (χ1n) is 4.47. The van der Waals surface area contributed by atoms with E-state index >= 15 is 0 Å². The molecule has 0 amide bonds. The van der Waals surface area contributed by atoms with E-state index in [1.165, 1.54) is 6.21 Å². The second-order valence-electron chi connectivity index (χ2n) is 2.76. The average Bonchev–Trinajstić information content (AvgIpc) is 2.27. The van der Waals surface area contributed by atoms with Crippen molar-refractivity contribution in [1.29, 1.82) is 0 Å². The van der Waals surface area contributed by atoms with E-state index in [1.54, 1.807) is 13.2 Å². The summed E-state index contributed by atoms with van der Waals surface area (Å²) in [6.45, 7) is 3.99. The highest BCUT2D eigenvalue weighted by atomic mass is 16.5. The minimum Gasteiger partial charge on any atom is -0.493 e. The summed E-state index contributed by atoms with van der Waals surface area (Å²) in [5.74, 6) is 6.37. The van der Waals surface area contributed by atoms with E-state index in [4.69, 9.17) is 15.3 Å². The molecule has 0 heterocycles. The summed E-state index contributed by atoms with van der Waals surface area (Å²) < 4.78 is 10.6. The van der Waals surface area contributed by atoms with E-state index in [0.717, 1.165) is 5.56 Å². The quantitative estimate of drug-likeness (QED) is 0.344. The van der Waals surface area contributed by atoms with Gasteiger partial charge in [0, 0.05) is 5.56 Å². The van der Waals surface area contributed by atoms with Gasteiger partial charge in [-0.3, -0.25) is 0 Å². The van der Waals surface area contributed by atoms with Crippen molar-refractivity contribution in [3.05, 3.63) is 36.4 Å². The van der Waals surface area contributed by atoms with Crippen molar-refractivity contribution >= 4 is 6.21 Å². The van der Waals surface area contributed by atoms with Gasteiger partial charge in [-0.25, -0.2) is 0 Å². The normalized spacial score (nSPS) is 10.2. The van der Waals surface area contributed by atoms with Gasteiger partial charge in [0.2, 0.25) is 0 Å². The van der Waals surface area contributed by atoms with Gasteiger partial charge in [0.1, 0.15) is 6.61 Å². The zero-order chi connectivity index (χ0) is 11.1. The Kier molecular flexibility index (Phi) is 4.22. The highest BCUT2D eigenvalue weighted by Gasteiger charge is 2.07. The van der Waals surface area contributed by atoms with E-state index in [1.807, 2.05) is 18.2 Å². The van der Waals surface area contributed by atoms with Gasteiger partial charge in [0.25, 0.3) is 0 Å². The zero-order valence-electron chi connectivity index (χ0n) is 8.64. The van der Waals surface area contributed by atoms with E-state index in [2.05, 4.69) is 11.7 Å². The first kappa shape index (κ1) is 11.1. The second-order valence-corrected chi connectivity index (χ2v) is 2.76. The largest absolute Gasteiger partial charge is 0.493 e. The van der Waals surface area contributed by atoms with Gasteiger partial charge in [0.05, 0.1) is 13.3 Å². The molecule has 0 aliphatic heterocycles. The molecule has 0 aliphatic carbocycles. The molecule has 0 aliphatic rings. The molecule has 0 bridgehead atoms. The highest BCUT2D eigenvalue weighted by Crippen LogP contribution is 2.29. The summed E-state index contributed by atoms with van der Waals surface area (Å²) in [5.41, 5.74) is 0.777. The Labute approximate surface area is 89.0 Å². The fourth-order valence-corrected chi connectivity index (χ4v) is 1.17. The number of nitrogens with two attached hydrogens (primary N) is 1. The van der Waals surface area contributed by atoms with Crippen LogP contribution in [0.5, 0.6) is 11.5 Å². The summed E-state index contributed by atoms with van der Waals surface area (Å²) in [5, 5.41) is 3.46. The third-order valence-corrected chi connectivity index (χ3v) is 1.79. The van der Waals surface area contributed by atoms with Gasteiger partial charge in [-0.2, -0.15) is 5.10 Å². The molecule has 0 saturated heterocycles. The van der Waals surface area contributed by atoms with Crippen LogP contribution in [0.1, 0.15) is 5.56 Å². The van der Waals surface area contributed by atoms with Crippen LogP contribution in [0.15, 0.2) is 36.0 Å². The van der Waals surface area contributed by atoms with Gasteiger partial charge in [-0.1, -0.05) is 18.7 Å². The number of hydrogen-bond acceptors (Lipinski definition) is 4. The lowest BCUT2D eigenvalue weighted by molar-refractivity contribution is 0.326. The second kappa shape index (κ2) is 5.70. The third kappa shape index (κ3) is 2.74. The molecule has 4 nitrogen and oxygen atoms in total. The molecule has 0 radical (unpaired) electrons. The summed E-state index contributed by atoms with van der Waals surface area (Å²) in [6.07, 6.45) is 3.18. The Morgan fingerprint density at radius 1 is 1.53 bits per heavy atom. The molecule has 0 spiro atoms. The Morgan fingerprint density at radius 2 is 2.33 bits per heavy atom. The predicted octanol–water partition coefficient (Wildman–Crippen LogP) is 1.55. The molecule has 0 atom stereocenters. The molecule has 1 rings (SSSR count). The van der Waals surface area contributed by atoms with Gasteiger partial charge >= 0.3 is 0 Å². The number of rotatable bonds is 5. The lowest BCUT2D eigenvalue weighted by atomic mass is 10.2. The minimum atomic E-state index is 0.409. The standard InChI is InChI=1S/C11H14N2O2/c1-3-7-15-11-9(8-13-12)5-4-6-10(11)14-2/h3-6,8H,1,7,12H2,2H3. The Morgan fingerprint density at radius 3 is 2.93 bits per heavy atom. The first-order valence-corrected chi connectivity index (χ1v) is 4.47. The Bertz CT molecular complexity index is 362. The molecule has 80 valence electrons. The maximum Gasteiger partial charge on any atom is 0.170 e. The first-order chi connectivity index (χ1) is 7.33. The summed E-state index contributed by atoms with van der Waals surface area (Å²) in [4.78, 5) is 0. The monoisotopic (exact) mass is 206 g/mol. The van der Waals surface area contributed by atoms with Gasteiger partial charge in [0.15, 0.2) is 11.5 Å².